The van der Waals surface area contributed by atoms with E-state index in [4.69, 9.17) is 0 Å². The number of benzene rings is 2. The minimum atomic E-state index is -4.48. The molecule has 0 bridgehead atoms. The lowest BCUT2D eigenvalue weighted by Crippen LogP contribution is -2.25. The second-order valence-corrected chi connectivity index (χ2v) is 10.1. The van der Waals surface area contributed by atoms with E-state index in [2.05, 4.69) is 31.2 Å². The van der Waals surface area contributed by atoms with E-state index < -0.39 is 17.0 Å². The van der Waals surface area contributed by atoms with Gasteiger partial charge in [-0.15, -0.1) is 11.3 Å². The molecule has 0 fully saturated rings. The molecule has 4 aromatic rings. The number of carbonyl (C=O) groups excluding carboxylic acids is 1. The monoisotopic (exact) mass is 551 g/mol. The summed E-state index contributed by atoms with van der Waals surface area (Å²) in [5.41, 5.74) is 1.27. The number of thioether (sulfide) groups is 1. The summed E-state index contributed by atoms with van der Waals surface area (Å²) in [5.74, 6) is -0.381. The van der Waals surface area contributed by atoms with Crippen LogP contribution in [0.15, 0.2) is 69.7 Å². The van der Waals surface area contributed by atoms with Gasteiger partial charge in [-0.05, 0) is 42.3 Å². The van der Waals surface area contributed by atoms with E-state index in [0.29, 0.717) is 11.4 Å². The molecule has 0 aliphatic rings. The summed E-state index contributed by atoms with van der Waals surface area (Å²) >= 11 is 6.22. The first kappa shape index (κ1) is 23.7. The van der Waals surface area contributed by atoms with Gasteiger partial charge in [0.2, 0.25) is 5.91 Å². The maximum atomic E-state index is 13.0. The van der Waals surface area contributed by atoms with E-state index in [9.17, 15) is 18.0 Å². The van der Waals surface area contributed by atoms with Crippen molar-refractivity contribution in [1.29, 1.82) is 0 Å². The van der Waals surface area contributed by atoms with E-state index in [1.165, 1.54) is 41.6 Å². The maximum absolute atomic E-state index is 13.0. The van der Waals surface area contributed by atoms with Crippen molar-refractivity contribution in [2.45, 2.75) is 29.8 Å². The van der Waals surface area contributed by atoms with Crippen molar-refractivity contribution < 1.29 is 18.0 Å². The van der Waals surface area contributed by atoms with Crippen LogP contribution in [0.3, 0.4) is 0 Å². The molecule has 1 atom stereocenters. The molecule has 33 heavy (non-hydrogen) atoms. The van der Waals surface area contributed by atoms with E-state index in [1.54, 1.807) is 0 Å². The first-order valence-electron chi connectivity index (χ1n) is 9.89. The molecule has 10 heteroatoms. The molecule has 0 saturated heterocycles. The predicted octanol–water partition coefficient (Wildman–Crippen LogP) is 7.65. The number of thiophene rings is 1. The summed E-state index contributed by atoms with van der Waals surface area (Å²) in [6, 6.07) is 12.5. The van der Waals surface area contributed by atoms with Gasteiger partial charge in [0.15, 0.2) is 0 Å². The van der Waals surface area contributed by atoms with Gasteiger partial charge < -0.3 is 5.32 Å². The average molecular weight is 552 g/mol. The summed E-state index contributed by atoms with van der Waals surface area (Å²) in [4.78, 5) is 22.5. The lowest BCUT2D eigenvalue weighted by molar-refractivity contribution is -0.137. The molecule has 0 saturated carbocycles. The van der Waals surface area contributed by atoms with Gasteiger partial charge in [0.25, 0.3) is 0 Å². The smallest absolute Gasteiger partial charge is 0.325 e. The highest BCUT2D eigenvalue weighted by Crippen LogP contribution is 2.40. The Morgan fingerprint density at radius 2 is 1.94 bits per heavy atom. The molecule has 0 spiro atoms. The Morgan fingerprint density at radius 1 is 1.18 bits per heavy atom. The normalized spacial score (nSPS) is 12.6. The van der Waals surface area contributed by atoms with Crippen molar-refractivity contribution in [3.63, 3.8) is 0 Å². The second kappa shape index (κ2) is 9.82. The van der Waals surface area contributed by atoms with Gasteiger partial charge in [0, 0.05) is 21.1 Å². The van der Waals surface area contributed by atoms with Crippen molar-refractivity contribution in [2.75, 3.05) is 5.32 Å². The van der Waals surface area contributed by atoms with Crippen LogP contribution in [0.4, 0.5) is 18.9 Å². The van der Waals surface area contributed by atoms with Crippen LogP contribution in [0.5, 0.6) is 0 Å². The Balaban J connectivity index is 1.61. The van der Waals surface area contributed by atoms with Gasteiger partial charge in [-0.3, -0.25) is 4.79 Å². The second-order valence-electron chi connectivity index (χ2n) is 7.10. The summed E-state index contributed by atoms with van der Waals surface area (Å²) in [5, 5.41) is 5.60. The SMILES string of the molecule is CCC(Sc1ncnc2scc(-c3ccc(Br)cc3)c12)C(=O)Nc1cccc(C(F)(F)F)c1. The number of alkyl halides is 3. The summed E-state index contributed by atoms with van der Waals surface area (Å²) in [7, 11) is 0. The molecule has 1 N–H and O–H groups in total. The van der Waals surface area contributed by atoms with E-state index >= 15 is 0 Å². The van der Waals surface area contributed by atoms with Crippen LogP contribution in [0, 0.1) is 0 Å². The molecule has 2 heterocycles. The minimum Gasteiger partial charge on any atom is -0.325 e. The quantitative estimate of drug-likeness (QED) is 0.197. The highest BCUT2D eigenvalue weighted by molar-refractivity contribution is 9.10. The number of rotatable bonds is 6. The highest BCUT2D eigenvalue weighted by atomic mass is 79.9. The standard InChI is InChI=1S/C23H17BrF3N3OS2/c1-2-18(20(31)30-16-5-3-4-14(10-16)23(25,26)27)33-22-19-17(11-32-21(19)28-12-29-22)13-6-8-15(24)9-7-13/h3-12,18H,2H2,1H3,(H,30,31). The topological polar surface area (TPSA) is 54.9 Å². The van der Waals surface area contributed by atoms with Crippen LogP contribution in [0.2, 0.25) is 0 Å². The highest BCUT2D eigenvalue weighted by Gasteiger charge is 2.31. The molecule has 2 aromatic carbocycles. The fourth-order valence-electron chi connectivity index (χ4n) is 3.23. The van der Waals surface area contributed by atoms with Crippen LogP contribution < -0.4 is 5.32 Å². The summed E-state index contributed by atoms with van der Waals surface area (Å²) in [6.07, 6.45) is -2.54. The molecule has 0 aliphatic heterocycles. The summed E-state index contributed by atoms with van der Waals surface area (Å²) in [6.45, 7) is 1.85. The number of nitrogens with one attached hydrogen (secondary N) is 1. The Bertz CT molecular complexity index is 1290. The van der Waals surface area contributed by atoms with Gasteiger partial charge in [0.1, 0.15) is 16.2 Å². The van der Waals surface area contributed by atoms with E-state index in [-0.39, 0.29) is 11.6 Å². The van der Waals surface area contributed by atoms with Crippen molar-refractivity contribution >= 4 is 60.8 Å². The molecule has 2 aromatic heterocycles. The zero-order valence-electron chi connectivity index (χ0n) is 17.2. The van der Waals surface area contributed by atoms with Crippen LogP contribution in [0.25, 0.3) is 21.3 Å². The first-order valence-corrected chi connectivity index (χ1v) is 12.4. The number of carbonyl (C=O) groups is 1. The van der Waals surface area contributed by atoms with Crippen LogP contribution >= 0.6 is 39.0 Å². The molecule has 4 rings (SSSR count). The Kier molecular flexibility index (Phi) is 7.06. The van der Waals surface area contributed by atoms with Gasteiger partial charge in [-0.1, -0.05) is 52.8 Å². The van der Waals surface area contributed by atoms with E-state index in [0.717, 1.165) is 37.9 Å². The number of aromatic nitrogens is 2. The van der Waals surface area contributed by atoms with Gasteiger partial charge in [-0.25, -0.2) is 9.97 Å². The fraction of sp³-hybridized carbons (Fsp3) is 0.174. The third kappa shape index (κ3) is 5.39. The molecule has 0 radical (unpaired) electrons. The number of hydrogen-bond acceptors (Lipinski definition) is 5. The average Bonchev–Trinajstić information content (AvgIpc) is 3.22. The Morgan fingerprint density at radius 3 is 2.64 bits per heavy atom. The Hall–Kier alpha value is -2.43. The lowest BCUT2D eigenvalue weighted by Gasteiger charge is -2.16. The molecule has 1 unspecified atom stereocenters. The van der Waals surface area contributed by atoms with Crippen molar-refractivity contribution in [3.8, 4) is 11.1 Å². The predicted molar refractivity (Wildman–Crippen MR) is 131 cm³/mol. The van der Waals surface area contributed by atoms with Gasteiger partial charge in [-0.2, -0.15) is 13.2 Å². The zero-order valence-corrected chi connectivity index (χ0v) is 20.4. The van der Waals surface area contributed by atoms with Gasteiger partial charge >= 0.3 is 6.18 Å². The zero-order chi connectivity index (χ0) is 23.6. The van der Waals surface area contributed by atoms with Crippen LogP contribution in [-0.4, -0.2) is 21.1 Å². The number of amides is 1. The number of nitrogens with zero attached hydrogens (tertiary/aromatic N) is 2. The molecular formula is C23H17BrF3N3OS2. The number of fused-ring (bicyclic) bond motifs is 1. The number of halogens is 4. The van der Waals surface area contributed by atoms with Crippen molar-refractivity contribution in [2.24, 2.45) is 0 Å². The lowest BCUT2D eigenvalue weighted by atomic mass is 10.1. The molecule has 0 aliphatic carbocycles. The number of anilines is 1. The van der Waals surface area contributed by atoms with Crippen LogP contribution in [-0.2, 0) is 11.0 Å². The third-order valence-electron chi connectivity index (χ3n) is 4.87. The minimum absolute atomic E-state index is 0.104. The van der Waals surface area contributed by atoms with Crippen molar-refractivity contribution in [1.82, 2.24) is 9.97 Å². The largest absolute Gasteiger partial charge is 0.416 e. The fourth-order valence-corrected chi connectivity index (χ4v) is 5.51. The molecule has 170 valence electrons. The van der Waals surface area contributed by atoms with Crippen molar-refractivity contribution in [3.05, 3.63) is 70.3 Å². The van der Waals surface area contributed by atoms with Gasteiger partial charge in [0.05, 0.1) is 16.2 Å². The van der Waals surface area contributed by atoms with Crippen LogP contribution in [0.1, 0.15) is 18.9 Å². The maximum Gasteiger partial charge on any atom is 0.416 e. The summed E-state index contributed by atoms with van der Waals surface area (Å²) < 4.78 is 40.0. The number of hydrogen-bond donors (Lipinski definition) is 1. The first-order chi connectivity index (χ1) is 15.8. The molecular weight excluding hydrogens is 535 g/mol. The molecule has 1 amide bonds. The van der Waals surface area contributed by atoms with E-state index in [1.807, 2.05) is 36.6 Å². The Labute approximate surface area is 204 Å². The molecule has 4 nitrogen and oxygen atoms in total. The third-order valence-corrected chi connectivity index (χ3v) is 7.64.